The molecule has 6 heteroatoms. The van der Waals surface area contributed by atoms with E-state index in [-0.39, 0.29) is 5.91 Å². The molecule has 23 heavy (non-hydrogen) atoms. The fraction of sp³-hybridized carbons (Fsp3) is 0.294. The number of hydrazine groups is 1. The van der Waals surface area contributed by atoms with Gasteiger partial charge in [-0.3, -0.25) is 20.4 Å². The van der Waals surface area contributed by atoms with E-state index >= 15 is 0 Å². The molecule has 2 aromatic rings. The number of aromatic nitrogens is 1. The van der Waals surface area contributed by atoms with Gasteiger partial charge in [0.15, 0.2) is 6.10 Å². The lowest BCUT2D eigenvalue weighted by atomic mass is 10.1. The largest absolute Gasteiger partial charge is 0.481 e. The number of aryl methyl sites for hydroxylation is 2. The van der Waals surface area contributed by atoms with Crippen LogP contribution in [0, 0.1) is 13.8 Å². The molecule has 0 aliphatic carbocycles. The van der Waals surface area contributed by atoms with Gasteiger partial charge in [-0.2, -0.15) is 0 Å². The van der Waals surface area contributed by atoms with E-state index in [1.807, 2.05) is 32.0 Å². The third-order valence-electron chi connectivity index (χ3n) is 3.70. The number of benzene rings is 1. The Balaban J connectivity index is 1.91. The van der Waals surface area contributed by atoms with E-state index in [9.17, 15) is 9.59 Å². The lowest BCUT2D eigenvalue weighted by Gasteiger charge is -2.17. The smallest absolute Gasteiger partial charge is 0.286 e. The number of carbonyl (C=O) groups excluding carboxylic acids is 2. The van der Waals surface area contributed by atoms with Crippen molar-refractivity contribution < 1.29 is 14.3 Å². The Kier molecular flexibility index (Phi) is 5.05. The molecule has 2 amide bonds. The van der Waals surface area contributed by atoms with Crippen LogP contribution in [0.4, 0.5) is 0 Å². The highest BCUT2D eigenvalue weighted by Crippen LogP contribution is 2.21. The van der Waals surface area contributed by atoms with Gasteiger partial charge in [0.25, 0.3) is 11.8 Å². The Morgan fingerprint density at radius 1 is 1.13 bits per heavy atom. The molecule has 1 aromatic carbocycles. The monoisotopic (exact) mass is 315 g/mol. The van der Waals surface area contributed by atoms with Crippen molar-refractivity contribution in [3.63, 3.8) is 0 Å². The number of hydrogen-bond acceptors (Lipinski definition) is 3. The minimum atomic E-state index is -0.732. The van der Waals surface area contributed by atoms with Crippen molar-refractivity contribution in [3.05, 3.63) is 53.3 Å². The zero-order valence-corrected chi connectivity index (χ0v) is 13.7. The summed E-state index contributed by atoms with van der Waals surface area (Å²) in [6.07, 6.45) is 1.02. The minimum Gasteiger partial charge on any atom is -0.481 e. The molecule has 0 saturated carbocycles. The molecule has 2 N–H and O–H groups in total. The van der Waals surface area contributed by atoms with Crippen LogP contribution in [0.5, 0.6) is 5.75 Å². The maximum absolute atomic E-state index is 12.0. The normalized spacial score (nSPS) is 11.7. The van der Waals surface area contributed by atoms with Crippen molar-refractivity contribution in [1.82, 2.24) is 15.4 Å². The van der Waals surface area contributed by atoms with Crippen LogP contribution in [0.3, 0.4) is 0 Å². The van der Waals surface area contributed by atoms with Gasteiger partial charge in [0.1, 0.15) is 11.4 Å². The van der Waals surface area contributed by atoms with Crippen molar-refractivity contribution in [2.45, 2.75) is 26.9 Å². The molecule has 0 bridgehead atoms. The summed E-state index contributed by atoms with van der Waals surface area (Å²) in [5, 5.41) is 0. The maximum Gasteiger partial charge on any atom is 0.286 e. The van der Waals surface area contributed by atoms with Gasteiger partial charge in [-0.25, -0.2) is 0 Å². The molecule has 1 heterocycles. The van der Waals surface area contributed by atoms with E-state index in [2.05, 4.69) is 10.9 Å². The number of hydrogen-bond donors (Lipinski definition) is 2. The summed E-state index contributed by atoms with van der Waals surface area (Å²) in [4.78, 5) is 24.0. The summed E-state index contributed by atoms with van der Waals surface area (Å²) in [7, 11) is 1.75. The van der Waals surface area contributed by atoms with Crippen LogP contribution in [0.15, 0.2) is 36.5 Å². The van der Waals surface area contributed by atoms with Gasteiger partial charge in [0.2, 0.25) is 0 Å². The van der Waals surface area contributed by atoms with Crippen molar-refractivity contribution in [1.29, 1.82) is 0 Å². The Bertz CT molecular complexity index is 722. The zero-order valence-electron chi connectivity index (χ0n) is 13.7. The Morgan fingerprint density at radius 3 is 2.52 bits per heavy atom. The molecule has 0 saturated heterocycles. The summed E-state index contributed by atoms with van der Waals surface area (Å²) >= 11 is 0. The average molecular weight is 315 g/mol. The van der Waals surface area contributed by atoms with Crippen LogP contribution in [0.25, 0.3) is 0 Å². The van der Waals surface area contributed by atoms with E-state index in [4.69, 9.17) is 4.74 Å². The average Bonchev–Trinajstić information content (AvgIpc) is 2.95. The summed E-state index contributed by atoms with van der Waals surface area (Å²) in [5.41, 5.74) is 7.28. The van der Waals surface area contributed by atoms with Crippen molar-refractivity contribution >= 4 is 11.8 Å². The van der Waals surface area contributed by atoms with Crippen molar-refractivity contribution in [2.75, 3.05) is 0 Å². The second-order valence-electron chi connectivity index (χ2n) is 5.41. The number of carbonyl (C=O) groups is 2. The van der Waals surface area contributed by atoms with Crippen molar-refractivity contribution in [2.24, 2.45) is 7.05 Å². The number of nitrogens with one attached hydrogen (secondary N) is 2. The third kappa shape index (κ3) is 3.91. The highest BCUT2D eigenvalue weighted by Gasteiger charge is 2.17. The van der Waals surface area contributed by atoms with Gasteiger partial charge in [0, 0.05) is 13.2 Å². The van der Waals surface area contributed by atoms with E-state index in [0.717, 1.165) is 11.1 Å². The van der Waals surface area contributed by atoms with E-state index in [1.165, 1.54) is 0 Å². The molecule has 0 aliphatic rings. The fourth-order valence-electron chi connectivity index (χ4n) is 2.08. The summed E-state index contributed by atoms with van der Waals surface area (Å²) in [6, 6.07) is 9.08. The molecule has 0 aliphatic heterocycles. The highest BCUT2D eigenvalue weighted by molar-refractivity contribution is 5.94. The first-order valence-corrected chi connectivity index (χ1v) is 7.34. The van der Waals surface area contributed by atoms with Gasteiger partial charge >= 0.3 is 0 Å². The van der Waals surface area contributed by atoms with E-state index in [1.54, 1.807) is 36.9 Å². The molecule has 1 aromatic heterocycles. The Hall–Kier alpha value is -2.76. The van der Waals surface area contributed by atoms with E-state index < -0.39 is 12.0 Å². The quantitative estimate of drug-likeness (QED) is 0.846. The van der Waals surface area contributed by atoms with Crippen LogP contribution < -0.4 is 15.6 Å². The second-order valence-corrected chi connectivity index (χ2v) is 5.41. The third-order valence-corrected chi connectivity index (χ3v) is 3.70. The van der Waals surface area contributed by atoms with Gasteiger partial charge in [-0.15, -0.1) is 0 Å². The Labute approximate surface area is 135 Å². The fourth-order valence-corrected chi connectivity index (χ4v) is 2.08. The molecule has 0 radical (unpaired) electrons. The number of rotatable bonds is 4. The summed E-state index contributed by atoms with van der Waals surface area (Å²) in [5.74, 6) is -0.153. The topological polar surface area (TPSA) is 72.4 Å². The van der Waals surface area contributed by atoms with Crippen LogP contribution in [0.1, 0.15) is 28.5 Å². The SMILES string of the molecule is Cc1cccc(OC(C)C(=O)NNC(=O)c2cccn2C)c1C. The standard InChI is InChI=1S/C17H21N3O3/c1-11-7-5-9-15(12(11)2)23-13(3)16(21)18-19-17(22)14-8-6-10-20(14)4/h5-10,13H,1-4H3,(H,18,21)(H,19,22). The highest BCUT2D eigenvalue weighted by atomic mass is 16.5. The lowest BCUT2D eigenvalue weighted by molar-refractivity contribution is -0.128. The first-order valence-electron chi connectivity index (χ1n) is 7.34. The zero-order chi connectivity index (χ0) is 17.0. The van der Waals surface area contributed by atoms with Crippen molar-refractivity contribution in [3.8, 4) is 5.75 Å². The molecule has 0 spiro atoms. The lowest BCUT2D eigenvalue weighted by Crippen LogP contribution is -2.47. The van der Waals surface area contributed by atoms with E-state index in [0.29, 0.717) is 11.4 Å². The maximum atomic E-state index is 12.0. The first kappa shape index (κ1) is 16.6. The molecular weight excluding hydrogens is 294 g/mol. The van der Waals surface area contributed by atoms with Crippen LogP contribution in [-0.2, 0) is 11.8 Å². The molecule has 6 nitrogen and oxygen atoms in total. The number of ether oxygens (including phenoxy) is 1. The molecular formula is C17H21N3O3. The molecule has 2 rings (SSSR count). The van der Waals surface area contributed by atoms with Gasteiger partial charge in [-0.05, 0) is 50.1 Å². The van der Waals surface area contributed by atoms with Gasteiger partial charge in [-0.1, -0.05) is 12.1 Å². The van der Waals surface area contributed by atoms with Gasteiger partial charge < -0.3 is 9.30 Å². The first-order chi connectivity index (χ1) is 10.9. The van der Waals surface area contributed by atoms with Crippen LogP contribution in [0.2, 0.25) is 0 Å². The van der Waals surface area contributed by atoms with Crippen LogP contribution >= 0.6 is 0 Å². The van der Waals surface area contributed by atoms with Crippen LogP contribution in [-0.4, -0.2) is 22.5 Å². The molecule has 1 unspecified atom stereocenters. The Morgan fingerprint density at radius 2 is 1.87 bits per heavy atom. The number of amides is 2. The minimum absolute atomic E-state index is 0.384. The molecule has 0 fully saturated rings. The second kappa shape index (κ2) is 7.00. The molecule has 1 atom stereocenters. The van der Waals surface area contributed by atoms with Gasteiger partial charge in [0.05, 0.1) is 0 Å². The summed E-state index contributed by atoms with van der Waals surface area (Å²) in [6.45, 7) is 5.55. The molecule has 122 valence electrons. The summed E-state index contributed by atoms with van der Waals surface area (Å²) < 4.78 is 7.33. The number of nitrogens with zero attached hydrogens (tertiary/aromatic N) is 1. The predicted octanol–water partition coefficient (Wildman–Crippen LogP) is 1.87. The predicted molar refractivity (Wildman–Crippen MR) is 87.0 cm³/mol.